The van der Waals surface area contributed by atoms with Crippen LogP contribution in [-0.4, -0.2) is 35.3 Å². The number of primary amides is 1. The van der Waals surface area contributed by atoms with E-state index in [1.54, 1.807) is 17.4 Å². The minimum atomic E-state index is -0.649. The molecule has 1 aromatic carbocycles. The number of carbonyl (C=O) groups is 2. The van der Waals surface area contributed by atoms with E-state index < -0.39 is 23.8 Å². The molecule has 0 aromatic heterocycles. The highest BCUT2D eigenvalue weighted by atomic mass is 32.2. The molecule has 1 aliphatic rings. The van der Waals surface area contributed by atoms with Crippen LogP contribution in [-0.2, 0) is 9.59 Å². The second kappa shape index (κ2) is 6.74. The smallest absolute Gasteiger partial charge is 0.242 e. The summed E-state index contributed by atoms with van der Waals surface area (Å²) in [5.41, 5.74) is 5.40. The van der Waals surface area contributed by atoms with E-state index in [2.05, 4.69) is 10.0 Å². The highest BCUT2D eigenvalue weighted by molar-refractivity contribution is 7.95. The lowest BCUT2D eigenvalue weighted by Gasteiger charge is -2.34. The fourth-order valence-corrected chi connectivity index (χ4v) is 2.81. The van der Waals surface area contributed by atoms with Gasteiger partial charge in [-0.25, -0.2) is 13.4 Å². The van der Waals surface area contributed by atoms with Gasteiger partial charge in [-0.1, -0.05) is 0 Å². The molecule has 1 heterocycles. The lowest BCUT2D eigenvalue weighted by atomic mass is 10.1. The van der Waals surface area contributed by atoms with Crippen LogP contribution in [0.4, 0.5) is 10.1 Å². The summed E-state index contributed by atoms with van der Waals surface area (Å²) in [4.78, 5) is 23.5. The Morgan fingerprint density at radius 2 is 2.32 bits per heavy atom. The van der Waals surface area contributed by atoms with Gasteiger partial charge in [0.1, 0.15) is 17.9 Å². The molecule has 0 bridgehead atoms. The van der Waals surface area contributed by atoms with Crippen molar-refractivity contribution in [3.05, 3.63) is 29.6 Å². The lowest BCUT2D eigenvalue weighted by molar-refractivity contribution is -0.122. The molecule has 1 fully saturated rings. The van der Waals surface area contributed by atoms with Crippen molar-refractivity contribution >= 4 is 29.6 Å². The molecule has 0 radical (unpaired) electrons. The summed E-state index contributed by atoms with van der Waals surface area (Å²) in [5.74, 6) is -1.55. The number of nitrogens with two attached hydrogens (primary N) is 1. The van der Waals surface area contributed by atoms with E-state index >= 15 is 0 Å². The molecule has 0 spiro atoms. The summed E-state index contributed by atoms with van der Waals surface area (Å²) in [6.07, 6.45) is 0.219. The Morgan fingerprint density at radius 1 is 1.59 bits per heavy atom. The molecular formula is C13H14FN5O2S. The summed E-state index contributed by atoms with van der Waals surface area (Å²) in [6.45, 7) is 0. The molecule has 2 atom stereocenters. The number of amides is 2. The van der Waals surface area contributed by atoms with Gasteiger partial charge < -0.3 is 11.1 Å². The summed E-state index contributed by atoms with van der Waals surface area (Å²) >= 11 is 1.12. The van der Waals surface area contributed by atoms with Crippen molar-refractivity contribution in [1.82, 2.24) is 9.03 Å². The molecule has 0 aliphatic carbocycles. The number of benzene rings is 1. The van der Waals surface area contributed by atoms with Crippen molar-refractivity contribution in [3.63, 3.8) is 0 Å². The average Bonchev–Trinajstić information content (AvgIpc) is 2.49. The van der Waals surface area contributed by atoms with Gasteiger partial charge in [0.15, 0.2) is 0 Å². The monoisotopic (exact) mass is 323 g/mol. The van der Waals surface area contributed by atoms with Gasteiger partial charge in [-0.3, -0.25) is 9.59 Å². The van der Waals surface area contributed by atoms with Gasteiger partial charge in [-0.2, -0.15) is 5.26 Å². The first-order valence-corrected chi connectivity index (χ1v) is 7.15. The van der Waals surface area contributed by atoms with E-state index in [0.29, 0.717) is 5.69 Å². The van der Waals surface area contributed by atoms with E-state index in [9.17, 15) is 14.0 Å². The summed E-state index contributed by atoms with van der Waals surface area (Å²) in [5, 5.41) is 11.4. The number of rotatable bonds is 3. The van der Waals surface area contributed by atoms with Crippen LogP contribution in [0.2, 0.25) is 0 Å². The van der Waals surface area contributed by atoms with Gasteiger partial charge >= 0.3 is 0 Å². The van der Waals surface area contributed by atoms with Crippen LogP contribution < -0.4 is 15.8 Å². The van der Waals surface area contributed by atoms with E-state index in [1.165, 1.54) is 12.1 Å². The maximum Gasteiger partial charge on any atom is 0.242 e. The Labute approximate surface area is 130 Å². The zero-order chi connectivity index (χ0) is 16.3. The molecule has 2 rings (SSSR count). The van der Waals surface area contributed by atoms with Crippen LogP contribution in [0.5, 0.6) is 0 Å². The van der Waals surface area contributed by atoms with Crippen molar-refractivity contribution < 1.29 is 14.0 Å². The van der Waals surface area contributed by atoms with Gasteiger partial charge in [0.2, 0.25) is 11.8 Å². The molecule has 1 aromatic rings. The van der Waals surface area contributed by atoms with Crippen molar-refractivity contribution in [2.45, 2.75) is 18.5 Å². The Morgan fingerprint density at radius 3 is 2.95 bits per heavy atom. The number of hydrogen-bond acceptors (Lipinski definition) is 6. The van der Waals surface area contributed by atoms with Gasteiger partial charge in [-0.15, -0.1) is 0 Å². The molecule has 22 heavy (non-hydrogen) atoms. The number of likely N-dealkylation sites (N-methyl/N-ethyl adjacent to an activating group) is 1. The third-order valence-electron chi connectivity index (χ3n) is 3.24. The topological polar surface area (TPSA) is 111 Å². The number of anilines is 1. The maximum atomic E-state index is 13.3. The van der Waals surface area contributed by atoms with E-state index in [1.807, 2.05) is 0 Å². The van der Waals surface area contributed by atoms with E-state index in [0.717, 1.165) is 18.2 Å². The number of nitrogens with one attached hydrogen (secondary N) is 2. The van der Waals surface area contributed by atoms with Gasteiger partial charge in [0.25, 0.3) is 0 Å². The second-order valence-corrected chi connectivity index (χ2v) is 5.75. The van der Waals surface area contributed by atoms with Crippen molar-refractivity contribution in [2.75, 3.05) is 12.4 Å². The predicted octanol–water partition coefficient (Wildman–Crippen LogP) is 0.347. The molecule has 7 nitrogen and oxygen atoms in total. The Hall–Kier alpha value is -2.15. The molecule has 0 saturated carbocycles. The zero-order valence-electron chi connectivity index (χ0n) is 11.7. The first-order chi connectivity index (χ1) is 10.4. The second-order valence-electron chi connectivity index (χ2n) is 4.76. The minimum Gasteiger partial charge on any atom is -0.368 e. The molecule has 1 aliphatic heterocycles. The third kappa shape index (κ3) is 3.54. The summed E-state index contributed by atoms with van der Waals surface area (Å²) in [7, 11) is 1.70. The lowest BCUT2D eigenvalue weighted by Crippen LogP contribution is -2.53. The van der Waals surface area contributed by atoms with Crippen LogP contribution in [0, 0.1) is 17.1 Å². The fraction of sp³-hybridized carbons (Fsp3) is 0.308. The number of carbonyl (C=O) groups excluding carboxylic acids is 2. The summed E-state index contributed by atoms with van der Waals surface area (Å²) in [6, 6.07) is 4.25. The van der Waals surface area contributed by atoms with Crippen molar-refractivity contribution in [1.29, 1.82) is 5.26 Å². The first kappa shape index (κ1) is 16.2. The largest absolute Gasteiger partial charge is 0.368 e. The fourth-order valence-electron chi connectivity index (χ4n) is 1.99. The molecule has 9 heteroatoms. The van der Waals surface area contributed by atoms with Gasteiger partial charge in [0, 0.05) is 17.8 Å². The van der Waals surface area contributed by atoms with Crippen LogP contribution in [0.15, 0.2) is 18.2 Å². The normalized spacial score (nSPS) is 21.9. The zero-order valence-corrected chi connectivity index (χ0v) is 12.5. The van der Waals surface area contributed by atoms with Crippen LogP contribution in [0.3, 0.4) is 0 Å². The van der Waals surface area contributed by atoms with Gasteiger partial charge in [-0.05, 0) is 31.7 Å². The first-order valence-electron chi connectivity index (χ1n) is 6.37. The van der Waals surface area contributed by atoms with Crippen molar-refractivity contribution in [3.8, 4) is 6.07 Å². The Kier molecular flexibility index (Phi) is 4.97. The molecular weight excluding hydrogens is 309 g/mol. The number of nitriles is 1. The molecule has 2 unspecified atom stereocenters. The number of hydrogen-bond donors (Lipinski definition) is 3. The summed E-state index contributed by atoms with van der Waals surface area (Å²) < 4.78 is 17.8. The Balaban J connectivity index is 2.11. The molecule has 2 amide bonds. The average molecular weight is 323 g/mol. The third-order valence-corrected chi connectivity index (χ3v) is 4.17. The van der Waals surface area contributed by atoms with E-state index in [4.69, 9.17) is 11.0 Å². The Bertz CT molecular complexity index is 648. The van der Waals surface area contributed by atoms with Gasteiger partial charge in [0.05, 0.1) is 11.6 Å². The number of halogens is 1. The SMILES string of the molecule is CN1SNC(C(N)=O)CC1C(=O)Nc1ccc(F)c(C#N)c1. The van der Waals surface area contributed by atoms with Crippen molar-refractivity contribution in [2.24, 2.45) is 5.73 Å². The predicted molar refractivity (Wildman–Crippen MR) is 79.6 cm³/mol. The van der Waals surface area contributed by atoms with Crippen LogP contribution >= 0.6 is 12.1 Å². The quantitative estimate of drug-likeness (QED) is 0.692. The van der Waals surface area contributed by atoms with Crippen LogP contribution in [0.25, 0.3) is 0 Å². The highest BCUT2D eigenvalue weighted by Gasteiger charge is 2.34. The standard InChI is InChI=1S/C13H14FN5O2S/c1-19-11(5-10(12(16)20)18-22-19)13(21)17-8-2-3-9(14)7(4-8)6-15/h2-4,10-11,18H,5H2,1H3,(H2,16,20)(H,17,21). The highest BCUT2D eigenvalue weighted by Crippen LogP contribution is 2.22. The maximum absolute atomic E-state index is 13.3. The molecule has 116 valence electrons. The number of nitrogens with zero attached hydrogens (tertiary/aromatic N) is 2. The van der Waals surface area contributed by atoms with E-state index in [-0.39, 0.29) is 17.9 Å². The minimum absolute atomic E-state index is 0.152. The van der Waals surface area contributed by atoms with Crippen LogP contribution in [0.1, 0.15) is 12.0 Å². The molecule has 1 saturated heterocycles. The molecule has 4 N–H and O–H groups in total.